The van der Waals surface area contributed by atoms with Crippen molar-refractivity contribution in [2.45, 2.75) is 50.1 Å². The van der Waals surface area contributed by atoms with Crippen LogP contribution in [0, 0.1) is 23.2 Å². The molecule has 0 aromatic heterocycles. The number of hydrogen-bond donors (Lipinski definition) is 1. The summed E-state index contributed by atoms with van der Waals surface area (Å²) in [5.41, 5.74) is 0.0352. The Kier molecular flexibility index (Phi) is 2.92. The number of rotatable bonds is 0. The van der Waals surface area contributed by atoms with Gasteiger partial charge in [0.05, 0.1) is 6.10 Å². The van der Waals surface area contributed by atoms with E-state index in [2.05, 4.69) is 35.9 Å². The number of aliphatic hydroxyl groups excluding tert-OH is 1. The summed E-state index contributed by atoms with van der Waals surface area (Å²) in [5.74, 6) is 0.383. The van der Waals surface area contributed by atoms with Crippen molar-refractivity contribution < 1.29 is 14.6 Å². The van der Waals surface area contributed by atoms with E-state index in [0.29, 0.717) is 0 Å². The zero-order chi connectivity index (χ0) is 14.0. The summed E-state index contributed by atoms with van der Waals surface area (Å²) >= 11 is 3.56. The Bertz CT molecular complexity index is 445. The first-order valence-corrected chi connectivity index (χ1v) is 7.84. The maximum absolute atomic E-state index is 12.1. The highest BCUT2D eigenvalue weighted by atomic mass is 79.9. The summed E-state index contributed by atoms with van der Waals surface area (Å²) in [6.07, 6.45) is 5.56. The van der Waals surface area contributed by atoms with Crippen LogP contribution in [-0.4, -0.2) is 27.6 Å². The molecular weight excluding hydrogens is 308 g/mol. The van der Waals surface area contributed by atoms with Crippen LogP contribution in [0.5, 0.6) is 0 Å². The van der Waals surface area contributed by atoms with Crippen molar-refractivity contribution in [1.82, 2.24) is 0 Å². The molecule has 0 unspecified atom stereocenters. The second kappa shape index (κ2) is 4.08. The Morgan fingerprint density at radius 1 is 1.47 bits per heavy atom. The molecule has 106 valence electrons. The van der Waals surface area contributed by atoms with E-state index in [1.165, 1.54) is 0 Å². The number of allylic oxidation sites excluding steroid dienone is 1. The minimum Gasteiger partial charge on any atom is -0.461 e. The van der Waals surface area contributed by atoms with Crippen molar-refractivity contribution in [2.75, 3.05) is 0 Å². The SMILES string of the molecule is C[C@H]1[C@@H]2[C@@H]3OC(=O)[C@@](C)(Br)[C@@H]3CC[C@@]2(C)C=C[C@@H]1O. The molecule has 0 bridgehead atoms. The lowest BCUT2D eigenvalue weighted by molar-refractivity contribution is -0.150. The lowest BCUT2D eigenvalue weighted by Crippen LogP contribution is -2.52. The summed E-state index contributed by atoms with van der Waals surface area (Å²) in [7, 11) is 0. The van der Waals surface area contributed by atoms with Crippen molar-refractivity contribution in [2.24, 2.45) is 23.2 Å². The van der Waals surface area contributed by atoms with E-state index in [4.69, 9.17) is 4.74 Å². The van der Waals surface area contributed by atoms with Gasteiger partial charge in [-0.2, -0.15) is 0 Å². The van der Waals surface area contributed by atoms with Crippen LogP contribution in [-0.2, 0) is 9.53 Å². The molecule has 1 aliphatic heterocycles. The standard InChI is InChI=1S/C15H21BrO3/c1-8-10(17)5-7-14(2)6-4-9-12(11(8)14)19-13(18)15(9,3)16/h5,7-12,17H,4,6H2,1-3H3/t8-,9-,10+,11-,12-,14+,15+/m1/s1. The third-order valence-corrected chi connectivity index (χ3v) is 6.54. The van der Waals surface area contributed by atoms with E-state index in [1.807, 2.05) is 13.0 Å². The molecule has 1 heterocycles. The molecule has 7 atom stereocenters. The number of esters is 1. The van der Waals surface area contributed by atoms with Gasteiger partial charge in [-0.25, -0.2) is 0 Å². The van der Waals surface area contributed by atoms with Crippen LogP contribution in [0.15, 0.2) is 12.2 Å². The van der Waals surface area contributed by atoms with Gasteiger partial charge in [0.1, 0.15) is 10.4 Å². The fourth-order valence-corrected chi connectivity index (χ4v) is 4.93. The first-order chi connectivity index (χ1) is 8.77. The first kappa shape index (κ1) is 13.6. The van der Waals surface area contributed by atoms with Gasteiger partial charge < -0.3 is 9.84 Å². The van der Waals surface area contributed by atoms with E-state index in [9.17, 15) is 9.90 Å². The molecule has 0 radical (unpaired) electrons. The minimum atomic E-state index is -0.565. The second-order valence-corrected chi connectivity index (χ2v) is 8.48. The Hall–Kier alpha value is -0.350. The Balaban J connectivity index is 2.01. The van der Waals surface area contributed by atoms with Crippen molar-refractivity contribution >= 4 is 21.9 Å². The van der Waals surface area contributed by atoms with Crippen LogP contribution in [0.2, 0.25) is 0 Å². The van der Waals surface area contributed by atoms with Gasteiger partial charge in [-0.3, -0.25) is 4.79 Å². The van der Waals surface area contributed by atoms with Gasteiger partial charge in [0.25, 0.3) is 0 Å². The Labute approximate surface area is 122 Å². The number of hydrogen-bond acceptors (Lipinski definition) is 3. The van der Waals surface area contributed by atoms with Crippen molar-refractivity contribution in [3.05, 3.63) is 12.2 Å². The van der Waals surface area contributed by atoms with Gasteiger partial charge in [0, 0.05) is 11.8 Å². The largest absolute Gasteiger partial charge is 0.461 e. The van der Waals surface area contributed by atoms with Gasteiger partial charge >= 0.3 is 5.97 Å². The predicted molar refractivity (Wildman–Crippen MR) is 75.8 cm³/mol. The molecular formula is C15H21BrO3. The highest BCUT2D eigenvalue weighted by Crippen LogP contribution is 2.58. The van der Waals surface area contributed by atoms with Crippen LogP contribution >= 0.6 is 15.9 Å². The fraction of sp³-hybridized carbons (Fsp3) is 0.800. The van der Waals surface area contributed by atoms with Crippen LogP contribution in [0.3, 0.4) is 0 Å². The van der Waals surface area contributed by atoms with E-state index in [1.54, 1.807) is 0 Å². The molecule has 1 saturated heterocycles. The molecule has 0 aromatic rings. The number of carbonyl (C=O) groups excluding carboxylic acids is 1. The maximum Gasteiger partial charge on any atom is 0.323 e. The first-order valence-electron chi connectivity index (χ1n) is 7.05. The second-order valence-electron chi connectivity index (χ2n) is 6.83. The third-order valence-electron chi connectivity index (χ3n) is 5.62. The molecule has 0 amide bonds. The quantitative estimate of drug-likeness (QED) is 0.422. The number of fused-ring (bicyclic) bond motifs is 3. The Morgan fingerprint density at radius 3 is 2.84 bits per heavy atom. The number of alkyl halides is 1. The number of halogens is 1. The highest BCUT2D eigenvalue weighted by Gasteiger charge is 2.62. The summed E-state index contributed by atoms with van der Waals surface area (Å²) in [5, 5.41) is 10.1. The van der Waals surface area contributed by atoms with Crippen LogP contribution in [0.25, 0.3) is 0 Å². The van der Waals surface area contributed by atoms with Gasteiger partial charge in [0.15, 0.2) is 0 Å². The predicted octanol–water partition coefficient (Wildman–Crippen LogP) is 2.66. The highest BCUT2D eigenvalue weighted by molar-refractivity contribution is 9.10. The number of aliphatic hydroxyl groups is 1. The molecule has 3 nitrogen and oxygen atoms in total. The summed E-state index contributed by atoms with van der Waals surface area (Å²) in [6.45, 7) is 6.21. The molecule has 1 N–H and O–H groups in total. The van der Waals surface area contributed by atoms with E-state index >= 15 is 0 Å². The summed E-state index contributed by atoms with van der Waals surface area (Å²) < 4.78 is 5.14. The average Bonchev–Trinajstić information content (AvgIpc) is 2.55. The molecule has 2 fully saturated rings. The van der Waals surface area contributed by atoms with Gasteiger partial charge in [-0.05, 0) is 31.1 Å². The fourth-order valence-electron chi connectivity index (χ4n) is 4.35. The topological polar surface area (TPSA) is 46.5 Å². The molecule has 2 aliphatic carbocycles. The lowest BCUT2D eigenvalue weighted by atomic mass is 9.55. The van der Waals surface area contributed by atoms with Crippen molar-refractivity contribution in [3.8, 4) is 0 Å². The summed E-state index contributed by atoms with van der Waals surface area (Å²) in [6, 6.07) is 0. The molecule has 1 saturated carbocycles. The van der Waals surface area contributed by atoms with Crippen LogP contribution < -0.4 is 0 Å². The number of carbonyl (C=O) groups is 1. The van der Waals surface area contributed by atoms with Gasteiger partial charge in [-0.15, -0.1) is 0 Å². The molecule has 3 aliphatic rings. The molecule has 0 aromatic carbocycles. The van der Waals surface area contributed by atoms with Crippen LogP contribution in [0.4, 0.5) is 0 Å². The smallest absolute Gasteiger partial charge is 0.323 e. The molecule has 19 heavy (non-hydrogen) atoms. The monoisotopic (exact) mass is 328 g/mol. The average molecular weight is 329 g/mol. The van der Waals surface area contributed by atoms with Gasteiger partial charge in [0.2, 0.25) is 0 Å². The Morgan fingerprint density at radius 2 is 2.16 bits per heavy atom. The van der Waals surface area contributed by atoms with E-state index in [-0.39, 0.29) is 35.2 Å². The van der Waals surface area contributed by atoms with Crippen molar-refractivity contribution in [3.63, 3.8) is 0 Å². The maximum atomic E-state index is 12.1. The van der Waals surface area contributed by atoms with Crippen molar-refractivity contribution in [1.29, 1.82) is 0 Å². The molecule has 3 rings (SSSR count). The van der Waals surface area contributed by atoms with E-state index in [0.717, 1.165) is 12.8 Å². The van der Waals surface area contributed by atoms with Gasteiger partial charge in [-0.1, -0.05) is 41.9 Å². The zero-order valence-electron chi connectivity index (χ0n) is 11.6. The minimum absolute atomic E-state index is 0.0352. The third kappa shape index (κ3) is 1.75. The van der Waals surface area contributed by atoms with E-state index < -0.39 is 10.4 Å². The normalized spacial score (nSPS) is 56.5. The summed E-state index contributed by atoms with van der Waals surface area (Å²) in [4.78, 5) is 12.1. The number of ether oxygens (including phenoxy) is 1. The zero-order valence-corrected chi connectivity index (χ0v) is 13.2. The molecule has 4 heteroatoms. The lowest BCUT2D eigenvalue weighted by Gasteiger charge is -2.51. The molecule has 0 spiro atoms. The van der Waals surface area contributed by atoms with Crippen LogP contribution in [0.1, 0.15) is 33.6 Å².